The molecule has 0 bridgehead atoms. The van der Waals surface area contributed by atoms with E-state index in [1.165, 1.54) is 5.56 Å². The highest BCUT2D eigenvalue weighted by Gasteiger charge is 2.19. The second-order valence-corrected chi connectivity index (χ2v) is 6.09. The largest absolute Gasteiger partial charge is 0.458 e. The van der Waals surface area contributed by atoms with Crippen LogP contribution in [0.4, 0.5) is 4.39 Å². The summed E-state index contributed by atoms with van der Waals surface area (Å²) in [5.41, 5.74) is 4.93. The number of allylic oxidation sites excluding steroid dienone is 4. The van der Waals surface area contributed by atoms with Crippen molar-refractivity contribution in [3.63, 3.8) is 0 Å². The number of aromatic nitrogens is 2. The van der Waals surface area contributed by atoms with E-state index in [0.29, 0.717) is 6.42 Å². The molecule has 2 aliphatic rings. The lowest BCUT2D eigenvalue weighted by molar-refractivity contribution is 0.0732. The van der Waals surface area contributed by atoms with Crippen molar-refractivity contribution in [2.45, 2.75) is 19.9 Å². The van der Waals surface area contributed by atoms with Gasteiger partial charge in [-0.05, 0) is 36.8 Å². The Bertz CT molecular complexity index is 893. The van der Waals surface area contributed by atoms with Gasteiger partial charge in [-0.25, -0.2) is 4.39 Å². The van der Waals surface area contributed by atoms with E-state index in [-0.39, 0.29) is 13.3 Å². The summed E-state index contributed by atoms with van der Waals surface area (Å²) in [7, 11) is 0. The quantitative estimate of drug-likeness (QED) is 0.830. The second kappa shape index (κ2) is 6.59. The first-order chi connectivity index (χ1) is 12.2. The summed E-state index contributed by atoms with van der Waals surface area (Å²) in [4.78, 5) is 0. The van der Waals surface area contributed by atoms with E-state index >= 15 is 0 Å². The normalized spacial score (nSPS) is 16.2. The lowest BCUT2D eigenvalue weighted by Crippen LogP contribution is -2.05. The van der Waals surface area contributed by atoms with E-state index in [9.17, 15) is 4.39 Å². The molecule has 0 radical (unpaired) electrons. The number of hydrogen-bond acceptors (Lipinski definition) is 3. The third-order valence-corrected chi connectivity index (χ3v) is 4.33. The van der Waals surface area contributed by atoms with Gasteiger partial charge in [-0.3, -0.25) is 4.68 Å². The third-order valence-electron chi connectivity index (χ3n) is 4.33. The van der Waals surface area contributed by atoms with Crippen LogP contribution in [0, 0.1) is 6.92 Å². The third kappa shape index (κ3) is 3.09. The molecule has 1 aromatic heterocycles. The molecule has 1 aliphatic heterocycles. The molecule has 0 saturated carbocycles. The van der Waals surface area contributed by atoms with Crippen LogP contribution in [0.2, 0.25) is 0 Å². The summed E-state index contributed by atoms with van der Waals surface area (Å²) in [6, 6.07) is 10.2. The summed E-state index contributed by atoms with van der Waals surface area (Å²) in [5.74, 6) is 1.60. The van der Waals surface area contributed by atoms with Gasteiger partial charge in [-0.1, -0.05) is 29.8 Å². The summed E-state index contributed by atoms with van der Waals surface area (Å²) in [6.07, 6.45) is 6.60. The molecule has 2 aromatic rings. The Kier molecular flexibility index (Phi) is 4.14. The van der Waals surface area contributed by atoms with E-state index in [1.807, 2.05) is 43.3 Å². The minimum absolute atomic E-state index is 0.229. The molecular formula is C20H19FN2O2. The maximum atomic E-state index is 13.0. The van der Waals surface area contributed by atoms with E-state index in [0.717, 1.165) is 34.0 Å². The number of alkyl halides is 1. The Morgan fingerprint density at radius 1 is 1.20 bits per heavy atom. The first kappa shape index (κ1) is 15.7. The van der Waals surface area contributed by atoms with Crippen molar-refractivity contribution in [2.24, 2.45) is 0 Å². The van der Waals surface area contributed by atoms with E-state index in [2.05, 4.69) is 17.2 Å². The van der Waals surface area contributed by atoms with E-state index in [1.54, 1.807) is 4.68 Å². The Morgan fingerprint density at radius 2 is 2.12 bits per heavy atom. The van der Waals surface area contributed by atoms with Crippen molar-refractivity contribution in [1.29, 1.82) is 0 Å². The van der Waals surface area contributed by atoms with E-state index in [4.69, 9.17) is 9.47 Å². The van der Waals surface area contributed by atoms with Gasteiger partial charge < -0.3 is 9.47 Å². The highest BCUT2D eigenvalue weighted by molar-refractivity contribution is 5.76. The van der Waals surface area contributed by atoms with Gasteiger partial charge in [0, 0.05) is 12.0 Å². The molecule has 5 heteroatoms. The Balaban J connectivity index is 1.72. The fourth-order valence-corrected chi connectivity index (χ4v) is 3.09. The lowest BCUT2D eigenvalue weighted by Gasteiger charge is -2.06. The second-order valence-electron chi connectivity index (χ2n) is 6.09. The van der Waals surface area contributed by atoms with Crippen LogP contribution in [0.5, 0.6) is 0 Å². The molecule has 2 heterocycles. The van der Waals surface area contributed by atoms with Gasteiger partial charge in [0.25, 0.3) is 0 Å². The summed E-state index contributed by atoms with van der Waals surface area (Å²) in [6.45, 7) is 2.09. The first-order valence-corrected chi connectivity index (χ1v) is 8.33. The summed E-state index contributed by atoms with van der Waals surface area (Å²) < 4.78 is 25.7. The maximum Gasteiger partial charge on any atom is 0.230 e. The molecule has 128 valence electrons. The average Bonchev–Trinajstić information content (AvgIpc) is 3.19. The number of ether oxygens (including phenoxy) is 2. The Morgan fingerprint density at radius 3 is 2.96 bits per heavy atom. The van der Waals surface area contributed by atoms with Gasteiger partial charge in [-0.2, -0.15) is 5.10 Å². The Labute approximate surface area is 145 Å². The average molecular weight is 338 g/mol. The number of aryl methyl sites for hydroxylation is 2. The number of rotatable bonds is 4. The number of nitrogens with zero attached hydrogens (tertiary/aromatic N) is 2. The first-order valence-electron chi connectivity index (χ1n) is 8.33. The van der Waals surface area contributed by atoms with Crippen LogP contribution in [-0.4, -0.2) is 23.2 Å². The number of hydrogen-bond donors (Lipinski definition) is 0. The highest BCUT2D eigenvalue weighted by atomic mass is 19.1. The van der Waals surface area contributed by atoms with Crippen LogP contribution < -0.4 is 0 Å². The molecule has 0 saturated heterocycles. The van der Waals surface area contributed by atoms with Crippen LogP contribution in [-0.2, 0) is 16.0 Å². The smallest absolute Gasteiger partial charge is 0.230 e. The number of halogens is 1. The van der Waals surface area contributed by atoms with E-state index < -0.39 is 6.67 Å². The zero-order valence-corrected chi connectivity index (χ0v) is 14.0. The van der Waals surface area contributed by atoms with Gasteiger partial charge in [-0.15, -0.1) is 0 Å². The lowest BCUT2D eigenvalue weighted by atomic mass is 10.1. The standard InChI is InChI=1S/C20H19FN2O2/c1-14-3-2-4-16(11-14)17-12-18(23(22-17)10-9-21)15-5-7-19-20(8-6-15)25-13-24-19/h2-7,11-12H,8-10,13H2,1H3. The predicted molar refractivity (Wildman–Crippen MR) is 94.2 cm³/mol. The van der Waals surface area contributed by atoms with Crippen molar-refractivity contribution >= 4 is 5.57 Å². The van der Waals surface area contributed by atoms with Gasteiger partial charge in [0.15, 0.2) is 5.76 Å². The van der Waals surface area contributed by atoms with Crippen LogP contribution in [0.25, 0.3) is 16.8 Å². The number of benzene rings is 1. The van der Waals surface area contributed by atoms with Crippen LogP contribution >= 0.6 is 0 Å². The highest BCUT2D eigenvalue weighted by Crippen LogP contribution is 2.30. The molecule has 0 spiro atoms. The molecule has 0 N–H and O–H groups in total. The molecule has 1 aromatic carbocycles. The predicted octanol–water partition coefficient (Wildman–Crippen LogP) is 4.39. The van der Waals surface area contributed by atoms with Crippen molar-refractivity contribution in [3.05, 3.63) is 71.3 Å². The van der Waals surface area contributed by atoms with Gasteiger partial charge in [0.2, 0.25) is 6.79 Å². The van der Waals surface area contributed by atoms with Crippen molar-refractivity contribution in [3.8, 4) is 11.3 Å². The van der Waals surface area contributed by atoms with Crippen LogP contribution in [0.1, 0.15) is 17.7 Å². The maximum absolute atomic E-state index is 13.0. The SMILES string of the molecule is Cc1cccc(-c2cc(C3=CCC4=C(C=C3)OCO4)n(CCF)n2)c1. The molecule has 0 amide bonds. The fraction of sp³-hybridized carbons (Fsp3) is 0.250. The van der Waals surface area contributed by atoms with Gasteiger partial charge >= 0.3 is 0 Å². The van der Waals surface area contributed by atoms with Crippen molar-refractivity contribution in [2.75, 3.05) is 13.5 Å². The topological polar surface area (TPSA) is 36.3 Å². The zero-order chi connectivity index (χ0) is 17.2. The minimum atomic E-state index is -0.458. The van der Waals surface area contributed by atoms with Crippen molar-refractivity contribution in [1.82, 2.24) is 9.78 Å². The zero-order valence-electron chi connectivity index (χ0n) is 14.0. The van der Waals surface area contributed by atoms with Crippen LogP contribution in [0.15, 0.2) is 60.1 Å². The molecule has 25 heavy (non-hydrogen) atoms. The van der Waals surface area contributed by atoms with Crippen LogP contribution in [0.3, 0.4) is 0 Å². The fourth-order valence-electron chi connectivity index (χ4n) is 3.09. The molecule has 0 atom stereocenters. The molecule has 1 aliphatic carbocycles. The molecule has 4 rings (SSSR count). The molecule has 0 fully saturated rings. The molecular weight excluding hydrogens is 319 g/mol. The van der Waals surface area contributed by atoms with Crippen molar-refractivity contribution < 1.29 is 13.9 Å². The monoisotopic (exact) mass is 338 g/mol. The molecule has 0 unspecified atom stereocenters. The summed E-state index contributed by atoms with van der Waals surface area (Å²) in [5, 5.41) is 4.62. The summed E-state index contributed by atoms with van der Waals surface area (Å²) >= 11 is 0. The van der Waals surface area contributed by atoms with Gasteiger partial charge in [0.1, 0.15) is 12.4 Å². The molecule has 4 nitrogen and oxygen atoms in total. The van der Waals surface area contributed by atoms with Gasteiger partial charge in [0.05, 0.1) is 17.9 Å². The Hall–Kier alpha value is -2.82. The minimum Gasteiger partial charge on any atom is -0.458 e.